The average Bonchev–Trinajstić information content (AvgIpc) is 2.75. The van der Waals surface area contributed by atoms with Crippen molar-refractivity contribution >= 4 is 5.78 Å². The molecule has 0 aliphatic carbocycles. The number of hydrogen-bond donors (Lipinski definition) is 2. The van der Waals surface area contributed by atoms with E-state index in [4.69, 9.17) is 9.47 Å². The first kappa shape index (κ1) is 22.9. The number of carbonyl (C=O) groups excluding carboxylic acids is 1. The maximum absolute atomic E-state index is 12.3. The molecule has 0 spiro atoms. The van der Waals surface area contributed by atoms with Crippen LogP contribution in [0.15, 0.2) is 48.5 Å². The number of β-amino-alcohol motifs (C(OH)–C–C–N with tert-alkyl or cyclic N) is 1. The molecule has 0 saturated heterocycles. The van der Waals surface area contributed by atoms with Gasteiger partial charge in [-0.1, -0.05) is 43.3 Å². The molecule has 2 aromatic carbocycles. The van der Waals surface area contributed by atoms with E-state index in [1.54, 1.807) is 7.11 Å². The van der Waals surface area contributed by atoms with E-state index in [-0.39, 0.29) is 17.9 Å². The minimum absolute atomic E-state index is 0.0239. The average molecular weight is 400 g/mol. The quantitative estimate of drug-likeness (QED) is 0.528. The van der Waals surface area contributed by atoms with Gasteiger partial charge in [0.05, 0.1) is 7.11 Å². The maximum atomic E-state index is 12.3. The van der Waals surface area contributed by atoms with Gasteiger partial charge in [-0.15, -0.1) is 0 Å². The number of ether oxygens (including phenoxy) is 2. The van der Waals surface area contributed by atoms with Crippen molar-refractivity contribution in [3.05, 3.63) is 59.7 Å². The van der Waals surface area contributed by atoms with E-state index < -0.39 is 6.10 Å². The Morgan fingerprint density at radius 1 is 1.14 bits per heavy atom. The highest BCUT2D eigenvalue weighted by Crippen LogP contribution is 2.29. The Labute approximate surface area is 174 Å². The van der Waals surface area contributed by atoms with Gasteiger partial charge in [0.25, 0.3) is 0 Å². The minimum Gasteiger partial charge on any atom is -0.493 e. The third kappa shape index (κ3) is 7.52. The van der Waals surface area contributed by atoms with Crippen LogP contribution in [-0.4, -0.2) is 42.8 Å². The van der Waals surface area contributed by atoms with Crippen molar-refractivity contribution in [2.45, 2.75) is 51.7 Å². The van der Waals surface area contributed by atoms with Crippen LogP contribution in [0.2, 0.25) is 0 Å². The number of Topliss-reactive ketones (excluding diaryl/α,β-unsaturated/α-hetero) is 1. The molecule has 2 aromatic rings. The van der Waals surface area contributed by atoms with Gasteiger partial charge in [-0.2, -0.15) is 0 Å². The van der Waals surface area contributed by atoms with Gasteiger partial charge in [0.15, 0.2) is 17.3 Å². The summed E-state index contributed by atoms with van der Waals surface area (Å²) in [6, 6.07) is 15.0. The molecule has 0 saturated carbocycles. The summed E-state index contributed by atoms with van der Waals surface area (Å²) in [5.74, 6) is 1.30. The number of ketones is 1. The molecule has 2 N–H and O–H groups in total. The highest BCUT2D eigenvalue weighted by molar-refractivity contribution is 5.96. The number of carbonyl (C=O) groups is 1. The van der Waals surface area contributed by atoms with E-state index in [2.05, 4.69) is 26.1 Å². The first-order valence-electron chi connectivity index (χ1n) is 10.2. The number of rotatable bonds is 12. The molecule has 0 fully saturated rings. The van der Waals surface area contributed by atoms with E-state index in [1.165, 1.54) is 0 Å². The summed E-state index contributed by atoms with van der Waals surface area (Å²) in [5, 5.41) is 13.6. The smallest absolute Gasteiger partial charge is 0.163 e. The zero-order valence-electron chi connectivity index (χ0n) is 17.9. The first-order valence-corrected chi connectivity index (χ1v) is 10.2. The summed E-state index contributed by atoms with van der Waals surface area (Å²) in [6.07, 6.45) is 1.38. The fourth-order valence-corrected chi connectivity index (χ4v) is 2.78. The Bertz CT molecular complexity index is 774. The van der Waals surface area contributed by atoms with Crippen LogP contribution in [0.1, 0.15) is 49.5 Å². The largest absolute Gasteiger partial charge is 0.493 e. The molecule has 0 aliphatic rings. The molecule has 0 radical (unpaired) electrons. The summed E-state index contributed by atoms with van der Waals surface area (Å²) in [7, 11) is 1.59. The van der Waals surface area contributed by atoms with E-state index >= 15 is 0 Å². The van der Waals surface area contributed by atoms with Crippen LogP contribution in [0.25, 0.3) is 0 Å². The molecular weight excluding hydrogens is 366 g/mol. The van der Waals surface area contributed by atoms with Crippen LogP contribution in [0.4, 0.5) is 0 Å². The van der Waals surface area contributed by atoms with Gasteiger partial charge in [0, 0.05) is 24.1 Å². The maximum Gasteiger partial charge on any atom is 0.163 e. The predicted octanol–water partition coefficient (Wildman–Crippen LogP) is 4.03. The number of hydrogen-bond acceptors (Lipinski definition) is 5. The Kier molecular flexibility index (Phi) is 8.68. The van der Waals surface area contributed by atoms with Crippen molar-refractivity contribution in [1.82, 2.24) is 5.32 Å². The molecule has 2 rings (SSSR count). The van der Waals surface area contributed by atoms with Gasteiger partial charge in [-0.25, -0.2) is 0 Å². The van der Waals surface area contributed by atoms with Crippen LogP contribution >= 0.6 is 0 Å². The van der Waals surface area contributed by atoms with Crippen molar-refractivity contribution < 1.29 is 19.4 Å². The lowest BCUT2D eigenvalue weighted by Gasteiger charge is -2.26. The van der Waals surface area contributed by atoms with Gasteiger partial charge >= 0.3 is 0 Å². The molecule has 1 atom stereocenters. The fourth-order valence-electron chi connectivity index (χ4n) is 2.78. The fraction of sp³-hybridized carbons (Fsp3) is 0.458. The van der Waals surface area contributed by atoms with E-state index in [0.717, 1.165) is 17.5 Å². The molecule has 0 heterocycles. The van der Waals surface area contributed by atoms with Crippen LogP contribution in [0.3, 0.4) is 0 Å². The molecule has 5 heteroatoms. The molecule has 0 aromatic heterocycles. The number of nitrogens with one attached hydrogen (secondary N) is 1. The number of methoxy groups -OCH3 is 1. The summed E-state index contributed by atoms with van der Waals surface area (Å²) in [5.41, 5.74) is 1.69. The van der Waals surface area contributed by atoms with Crippen LogP contribution < -0.4 is 14.8 Å². The summed E-state index contributed by atoms with van der Waals surface area (Å²) in [4.78, 5) is 12.3. The first-order chi connectivity index (χ1) is 13.8. The molecular formula is C24H33NO4. The highest BCUT2D eigenvalue weighted by Gasteiger charge is 2.17. The predicted molar refractivity (Wildman–Crippen MR) is 116 cm³/mol. The van der Waals surface area contributed by atoms with Crippen LogP contribution in [0, 0.1) is 0 Å². The molecule has 0 aliphatic heterocycles. The number of aliphatic hydroxyl groups is 1. The molecule has 1 unspecified atom stereocenters. The van der Waals surface area contributed by atoms with Gasteiger partial charge in [-0.05, 0) is 44.4 Å². The number of aliphatic hydroxyl groups excluding tert-OH is 1. The van der Waals surface area contributed by atoms with Crippen molar-refractivity contribution in [2.75, 3.05) is 20.3 Å². The molecule has 0 bridgehead atoms. The Balaban J connectivity index is 1.93. The molecule has 0 amide bonds. The normalized spacial score (nSPS) is 12.4. The van der Waals surface area contributed by atoms with Gasteiger partial charge in [0.1, 0.15) is 12.7 Å². The van der Waals surface area contributed by atoms with Gasteiger partial charge < -0.3 is 19.9 Å². The second-order valence-corrected chi connectivity index (χ2v) is 7.86. The number of aryl methyl sites for hydroxylation is 1. The van der Waals surface area contributed by atoms with Gasteiger partial charge in [0.2, 0.25) is 0 Å². The zero-order chi connectivity index (χ0) is 21.3. The van der Waals surface area contributed by atoms with Crippen molar-refractivity contribution in [3.63, 3.8) is 0 Å². The van der Waals surface area contributed by atoms with E-state index in [1.807, 2.05) is 48.5 Å². The summed E-state index contributed by atoms with van der Waals surface area (Å²) in [6.45, 7) is 6.92. The zero-order valence-corrected chi connectivity index (χ0v) is 17.9. The second-order valence-electron chi connectivity index (χ2n) is 7.86. The Morgan fingerprint density at radius 2 is 1.86 bits per heavy atom. The lowest BCUT2D eigenvalue weighted by Crippen LogP contribution is -2.44. The summed E-state index contributed by atoms with van der Waals surface area (Å²) >= 11 is 0. The van der Waals surface area contributed by atoms with E-state index in [9.17, 15) is 9.90 Å². The highest BCUT2D eigenvalue weighted by atomic mass is 16.5. The van der Waals surface area contributed by atoms with Crippen molar-refractivity contribution in [1.29, 1.82) is 0 Å². The van der Waals surface area contributed by atoms with Crippen LogP contribution in [-0.2, 0) is 6.42 Å². The topological polar surface area (TPSA) is 67.8 Å². The van der Waals surface area contributed by atoms with Gasteiger partial charge in [-0.3, -0.25) is 4.79 Å². The van der Waals surface area contributed by atoms with Crippen molar-refractivity contribution in [3.8, 4) is 11.5 Å². The Hall–Kier alpha value is -2.37. The second kappa shape index (κ2) is 11.0. The molecule has 158 valence electrons. The van der Waals surface area contributed by atoms with Crippen molar-refractivity contribution in [2.24, 2.45) is 0 Å². The lowest BCUT2D eigenvalue weighted by molar-refractivity contribution is 0.0969. The molecule has 5 nitrogen and oxygen atoms in total. The monoisotopic (exact) mass is 399 g/mol. The third-order valence-corrected chi connectivity index (χ3v) is 5.10. The molecule has 29 heavy (non-hydrogen) atoms. The number of benzene rings is 2. The van der Waals surface area contributed by atoms with E-state index in [0.29, 0.717) is 30.9 Å². The summed E-state index contributed by atoms with van der Waals surface area (Å²) < 4.78 is 11.2. The Morgan fingerprint density at radius 3 is 2.52 bits per heavy atom. The van der Waals surface area contributed by atoms with Crippen LogP contribution in [0.5, 0.6) is 11.5 Å². The minimum atomic E-state index is -0.631. The SMILES string of the molecule is CCC(C)(C)NCC(O)COc1cc(CCC(=O)c2ccccc2)ccc1OC. The third-order valence-electron chi connectivity index (χ3n) is 5.10. The standard InChI is InChI=1S/C24H33NO4/c1-5-24(2,3)25-16-20(26)17-29-23-15-18(12-14-22(23)28-4)11-13-21(27)19-9-7-6-8-10-19/h6-10,12,14-15,20,25-26H,5,11,13,16-17H2,1-4H3. The lowest BCUT2D eigenvalue weighted by atomic mass is 10.0.